The van der Waals surface area contributed by atoms with Gasteiger partial charge in [-0.25, -0.2) is 0 Å². The van der Waals surface area contributed by atoms with E-state index in [0.29, 0.717) is 68.9 Å². The van der Waals surface area contributed by atoms with Crippen LogP contribution in [0.5, 0.6) is 0 Å². The maximum absolute atomic E-state index is 9.54. The molecule has 22 nitrogen and oxygen atoms in total. The van der Waals surface area contributed by atoms with E-state index in [1.54, 1.807) is 0 Å². The topological polar surface area (TPSA) is 298 Å². The van der Waals surface area contributed by atoms with Crippen molar-refractivity contribution in [3.63, 3.8) is 0 Å². The molecule has 9 saturated heterocycles. The average Bonchev–Trinajstić information content (AvgIpc) is 1.67. The van der Waals surface area contributed by atoms with Gasteiger partial charge in [0.2, 0.25) is 0 Å². The van der Waals surface area contributed by atoms with Crippen LogP contribution in [-0.2, 0) is 0 Å². The Labute approximate surface area is 600 Å². The summed E-state index contributed by atoms with van der Waals surface area (Å²) < 4.78 is 0. The van der Waals surface area contributed by atoms with Gasteiger partial charge in [-0.15, -0.1) is 0 Å². The lowest BCUT2D eigenvalue weighted by Crippen LogP contribution is -2.48. The van der Waals surface area contributed by atoms with Crippen LogP contribution >= 0.6 is 0 Å². The second kappa shape index (κ2) is 40.2. The molecule has 22 heteroatoms. The molecule has 0 saturated carbocycles. The Morgan fingerprint density at radius 2 is 0.602 bits per heavy atom. The number of hydrogen-bond donors (Lipinski definition) is 13. The van der Waals surface area contributed by atoms with Gasteiger partial charge < -0.3 is 67.0 Å². The molecule has 0 unspecified atom stereocenters. The van der Waals surface area contributed by atoms with E-state index in [1.165, 1.54) is 32.5 Å². The zero-order valence-electron chi connectivity index (χ0n) is 68.2. The summed E-state index contributed by atoms with van der Waals surface area (Å²) in [6.45, 7) is 73.4. The summed E-state index contributed by atoms with van der Waals surface area (Å²) in [6, 6.07) is 0.800. The minimum atomic E-state index is -0.829. The first-order valence-corrected chi connectivity index (χ1v) is 37.8. The molecule has 0 amide bonds. The zero-order chi connectivity index (χ0) is 76.5. The highest BCUT2D eigenvalue weighted by Crippen LogP contribution is 2.31. The Kier molecular flexibility index (Phi) is 39.0. The fraction of sp³-hybridized carbons (Fsp3) is 1.00. The summed E-state index contributed by atoms with van der Waals surface area (Å²) in [5.74, 6) is 0. The van der Waals surface area contributed by atoms with Crippen molar-refractivity contribution < 1.29 is 61.3 Å². The number of aliphatic hydroxyl groups excluding tert-OH is 12. The van der Waals surface area contributed by atoms with Gasteiger partial charge in [-0.2, -0.15) is 0 Å². The Bertz CT molecular complexity index is 1980. The first-order chi connectivity index (χ1) is 44.2. The molecular weight excluding hydrogens is 1240 g/mol. The number of β-amino-alcohol motifs (C(OH)–C–C–N with tert-alkyl or cyclic N) is 9. The Balaban J connectivity index is 0.000000552. The largest absolute Gasteiger partial charge is 0.395 e. The van der Waals surface area contributed by atoms with Crippen LogP contribution in [0.4, 0.5) is 0 Å². The summed E-state index contributed by atoms with van der Waals surface area (Å²) in [5.41, 5.74) is 7.20. The van der Waals surface area contributed by atoms with Crippen molar-refractivity contribution >= 4 is 0 Å². The predicted molar refractivity (Wildman–Crippen MR) is 404 cm³/mol. The lowest BCUT2D eigenvalue weighted by atomic mass is 10.0. The number of nitrogens with two attached hydrogens (primary N) is 1. The lowest BCUT2D eigenvalue weighted by molar-refractivity contribution is 0.00925. The minimum absolute atomic E-state index is 0.0465. The van der Waals surface area contributed by atoms with Crippen molar-refractivity contribution in [3.8, 4) is 0 Å². The average molecular weight is 1410 g/mol. The smallest absolute Gasteiger partial charge is 0.0988 e. The fourth-order valence-electron chi connectivity index (χ4n) is 14.0. The highest BCUT2D eigenvalue weighted by Gasteiger charge is 2.45. The number of nitrogens with zero attached hydrogens (tertiary/aromatic N) is 9. The molecular formula is C76H162N10O12. The summed E-state index contributed by atoms with van der Waals surface area (Å²) >= 11 is 0. The standard InChI is InChI=1S/C10H21NO.C9H19NO3.C9H19NO2.C8H18N2.2C8H17NO2.2C8H17NO.C8H17N/c1-5-8-6-9(12)7-11(8)10(2,3)4;1-9(2,3)10-4-7(12)8(13)6(10)5-11;1-9(2,3)10-5-8(12)4-7(10)6-11;1-8(2,3)10-5-4-7(9)6-10;2*1-8(2,3)9-4-6(10)7(11)5-9;2*1-8(2,3)9-5-4-7(10)6-9;1-8(2,3)9-6-4-5-7-9/h8-9,12H,5-7H2,1-4H3;6-8,11-13H,4-5H2,1-3H3;7-8,11-12H,4-6H2,1-3H3;7H,4-6,9H2,1-3H3;2*6-7,10-11H,4-5H2,1-3H3;2*7,10H,4-6H2,1-3H3;4-7H2,1-3H3/t8-,9+;6-,7-,8-;7-,8+;7-;6-,7+;6-,7-;2*7-;/m0101.010./s1. The molecule has 0 aliphatic carbocycles. The summed E-state index contributed by atoms with van der Waals surface area (Å²) in [6.07, 6.45) is 4.30. The molecule has 14 atom stereocenters. The molecule has 0 bridgehead atoms. The van der Waals surface area contributed by atoms with Gasteiger partial charge in [0.25, 0.3) is 0 Å². The van der Waals surface area contributed by atoms with E-state index in [-0.39, 0.29) is 88.5 Å². The van der Waals surface area contributed by atoms with Gasteiger partial charge in [-0.1, -0.05) is 6.92 Å². The molecule has 9 heterocycles. The van der Waals surface area contributed by atoms with Crippen molar-refractivity contribution in [1.29, 1.82) is 0 Å². The fourth-order valence-corrected chi connectivity index (χ4v) is 14.0. The van der Waals surface area contributed by atoms with Crippen molar-refractivity contribution in [1.82, 2.24) is 44.1 Å². The van der Waals surface area contributed by atoms with Gasteiger partial charge in [-0.05, 0) is 251 Å². The van der Waals surface area contributed by atoms with Crippen molar-refractivity contribution in [2.75, 3.05) is 111 Å². The van der Waals surface area contributed by atoms with Crippen molar-refractivity contribution in [2.45, 2.75) is 380 Å². The SMILES string of the molecule is CC(C)(C)N1CCCC1.CC(C)(C)N1CC[C@@H](N)C1.CC(C)(C)N1CC[C@@H](O)C1.CC(C)(C)N1CC[C@H](O)C1.CC(C)(C)N1C[C@@H](O)[C@@H](O)C1.CC(C)(C)N1C[C@@H](O)[C@H](O)[C@H]1CO.CC(C)(C)N1C[C@H](O)C[C@H]1CO.CC(C)(C)N1C[C@H](O)[C@@H](O)C1.CC[C@H]1C[C@@H](O)CN1C(C)(C)C. The first kappa shape index (κ1) is 95.1. The molecule has 0 spiro atoms. The normalized spacial score (nSPS) is 31.8. The monoisotopic (exact) mass is 1410 g/mol. The molecule has 9 aliphatic rings. The molecule has 9 rings (SSSR count). The van der Waals surface area contributed by atoms with Crippen LogP contribution in [0.1, 0.15) is 245 Å². The second-order valence-corrected chi connectivity index (χ2v) is 38.5. The Hall–Kier alpha value is -0.880. The van der Waals surface area contributed by atoms with Crippen molar-refractivity contribution in [3.05, 3.63) is 0 Å². The molecule has 0 radical (unpaired) electrons. The van der Waals surface area contributed by atoms with E-state index >= 15 is 0 Å². The van der Waals surface area contributed by atoms with Crippen LogP contribution < -0.4 is 5.73 Å². The van der Waals surface area contributed by atoms with E-state index in [0.717, 1.165) is 71.4 Å². The molecule has 588 valence electrons. The van der Waals surface area contributed by atoms with Gasteiger partial charge in [0, 0.05) is 153 Å². The van der Waals surface area contributed by atoms with Gasteiger partial charge in [-0.3, -0.25) is 44.1 Å². The van der Waals surface area contributed by atoms with E-state index in [2.05, 4.69) is 212 Å². The number of aliphatic hydroxyl groups is 12. The van der Waals surface area contributed by atoms with Gasteiger partial charge in [0.1, 0.15) is 0 Å². The maximum atomic E-state index is 9.54. The van der Waals surface area contributed by atoms with E-state index < -0.39 is 36.6 Å². The van der Waals surface area contributed by atoms with Gasteiger partial charge >= 0.3 is 0 Å². The molecule has 9 fully saturated rings. The minimum Gasteiger partial charge on any atom is -0.395 e. The molecule has 9 aliphatic heterocycles. The Morgan fingerprint density at radius 3 is 0.786 bits per heavy atom. The third kappa shape index (κ3) is 34.1. The highest BCUT2D eigenvalue weighted by atomic mass is 16.3. The van der Waals surface area contributed by atoms with Crippen LogP contribution in [0, 0.1) is 0 Å². The molecule has 14 N–H and O–H groups in total. The second-order valence-electron chi connectivity index (χ2n) is 38.5. The molecule has 0 aromatic heterocycles. The van der Waals surface area contributed by atoms with Gasteiger partial charge in [0.15, 0.2) is 0 Å². The van der Waals surface area contributed by atoms with Crippen LogP contribution in [0.3, 0.4) is 0 Å². The summed E-state index contributed by atoms with van der Waals surface area (Å²) in [7, 11) is 0. The quantitative estimate of drug-likeness (QED) is 0.175. The summed E-state index contributed by atoms with van der Waals surface area (Å²) in [4.78, 5) is 20.3. The summed E-state index contributed by atoms with van der Waals surface area (Å²) in [5, 5.41) is 111. The van der Waals surface area contributed by atoms with Crippen LogP contribution in [0.25, 0.3) is 0 Å². The number of rotatable bonds is 3. The lowest BCUT2D eigenvalue weighted by Gasteiger charge is -2.36. The number of hydrogen-bond acceptors (Lipinski definition) is 22. The highest BCUT2D eigenvalue weighted by molar-refractivity contribution is 4.99. The van der Waals surface area contributed by atoms with Crippen LogP contribution in [0.2, 0.25) is 0 Å². The van der Waals surface area contributed by atoms with E-state index in [9.17, 15) is 51.1 Å². The first-order valence-electron chi connectivity index (χ1n) is 37.8. The van der Waals surface area contributed by atoms with Crippen LogP contribution in [-0.4, -0.2) is 352 Å². The Morgan fingerprint density at radius 1 is 0.296 bits per heavy atom. The van der Waals surface area contributed by atoms with E-state index in [4.69, 9.17) is 15.9 Å². The predicted octanol–water partition coefficient (Wildman–Crippen LogP) is 5.07. The third-order valence-corrected chi connectivity index (χ3v) is 20.7. The number of likely N-dealkylation sites (tertiary alicyclic amines) is 9. The van der Waals surface area contributed by atoms with Gasteiger partial charge in [0.05, 0.1) is 80.3 Å². The van der Waals surface area contributed by atoms with Crippen LogP contribution in [0.15, 0.2) is 0 Å². The maximum Gasteiger partial charge on any atom is 0.0988 e. The van der Waals surface area contributed by atoms with Crippen molar-refractivity contribution in [2.24, 2.45) is 5.73 Å². The molecule has 0 aromatic rings. The third-order valence-electron chi connectivity index (χ3n) is 20.7. The van der Waals surface area contributed by atoms with E-state index in [1.807, 2.05) is 25.7 Å². The zero-order valence-corrected chi connectivity index (χ0v) is 68.2. The molecule has 98 heavy (non-hydrogen) atoms. The molecule has 0 aromatic carbocycles.